The Labute approximate surface area is 185 Å². The van der Waals surface area contributed by atoms with Crippen molar-refractivity contribution in [3.63, 3.8) is 0 Å². The average molecular weight is 442 g/mol. The molecule has 1 saturated carbocycles. The molecule has 1 fully saturated rings. The first-order valence-corrected chi connectivity index (χ1v) is 11.3. The van der Waals surface area contributed by atoms with E-state index in [-0.39, 0.29) is 18.1 Å². The Hall–Kier alpha value is -2.62. The molecule has 0 radical (unpaired) electrons. The summed E-state index contributed by atoms with van der Waals surface area (Å²) in [5.41, 5.74) is 4.76. The number of rotatable bonds is 8. The standard InChI is InChI=1S/C22H27N5O3S/c1-27-13-16(11-24-27)15-9-19(21-12-23-14-31-21)26-20(10-15)22(28)25-17-3-5-18(6-4-17)30-8-7-29-2/h9-14,17-18H,3-8H2,1-2H3,(H,25,28)/t17-,18-. The third-order valence-electron chi connectivity index (χ3n) is 5.43. The Morgan fingerprint density at radius 2 is 2.03 bits per heavy atom. The second-order valence-electron chi connectivity index (χ2n) is 7.71. The van der Waals surface area contributed by atoms with Gasteiger partial charge in [-0.3, -0.25) is 14.5 Å². The van der Waals surface area contributed by atoms with Crippen molar-refractivity contribution in [2.45, 2.75) is 37.8 Å². The van der Waals surface area contributed by atoms with Crippen LogP contribution in [0.3, 0.4) is 0 Å². The van der Waals surface area contributed by atoms with E-state index in [0.717, 1.165) is 47.4 Å². The second-order valence-corrected chi connectivity index (χ2v) is 8.59. The first-order chi connectivity index (χ1) is 15.1. The van der Waals surface area contributed by atoms with Crippen molar-refractivity contribution in [1.29, 1.82) is 0 Å². The van der Waals surface area contributed by atoms with E-state index in [1.54, 1.807) is 29.7 Å². The molecule has 0 unspecified atom stereocenters. The molecule has 0 aromatic carbocycles. The fourth-order valence-corrected chi connectivity index (χ4v) is 4.37. The lowest BCUT2D eigenvalue weighted by Gasteiger charge is -2.29. The number of pyridine rings is 1. The van der Waals surface area contributed by atoms with Crippen LogP contribution in [0, 0.1) is 0 Å². The molecule has 0 saturated heterocycles. The van der Waals surface area contributed by atoms with Gasteiger partial charge in [0, 0.05) is 38.2 Å². The zero-order chi connectivity index (χ0) is 21.6. The van der Waals surface area contributed by atoms with Gasteiger partial charge in [-0.2, -0.15) is 5.10 Å². The molecule has 3 heterocycles. The first-order valence-electron chi connectivity index (χ1n) is 10.4. The Balaban J connectivity index is 1.47. The van der Waals surface area contributed by atoms with Crippen LogP contribution in [0.15, 0.2) is 36.2 Å². The molecule has 3 aromatic rings. The predicted molar refractivity (Wildman–Crippen MR) is 119 cm³/mol. The summed E-state index contributed by atoms with van der Waals surface area (Å²) in [6.07, 6.45) is 9.39. The predicted octanol–water partition coefficient (Wildman–Crippen LogP) is 3.31. The topological polar surface area (TPSA) is 91.2 Å². The Kier molecular flexibility index (Phi) is 7.06. The summed E-state index contributed by atoms with van der Waals surface area (Å²) < 4.78 is 12.6. The number of methoxy groups -OCH3 is 1. The molecule has 0 atom stereocenters. The van der Waals surface area contributed by atoms with E-state index in [9.17, 15) is 4.79 Å². The van der Waals surface area contributed by atoms with E-state index < -0.39 is 0 Å². The average Bonchev–Trinajstić information content (AvgIpc) is 3.47. The number of ether oxygens (including phenoxy) is 2. The van der Waals surface area contributed by atoms with Gasteiger partial charge in [-0.1, -0.05) is 0 Å². The summed E-state index contributed by atoms with van der Waals surface area (Å²) in [6.45, 7) is 1.22. The molecule has 0 aliphatic heterocycles. The van der Waals surface area contributed by atoms with Crippen LogP contribution in [0.25, 0.3) is 21.7 Å². The molecular formula is C22H27N5O3S. The van der Waals surface area contributed by atoms with Crippen molar-refractivity contribution < 1.29 is 14.3 Å². The van der Waals surface area contributed by atoms with E-state index in [0.29, 0.717) is 18.9 Å². The Bertz CT molecular complexity index is 997. The van der Waals surface area contributed by atoms with Gasteiger partial charge in [-0.05, 0) is 43.4 Å². The first kappa shape index (κ1) is 21.6. The van der Waals surface area contributed by atoms with Crippen LogP contribution in [0.4, 0.5) is 0 Å². The van der Waals surface area contributed by atoms with E-state index in [4.69, 9.17) is 9.47 Å². The molecule has 1 aliphatic carbocycles. The van der Waals surface area contributed by atoms with Gasteiger partial charge in [0.05, 0.1) is 41.6 Å². The molecule has 9 heteroatoms. The van der Waals surface area contributed by atoms with Crippen molar-refractivity contribution in [3.8, 4) is 21.7 Å². The Morgan fingerprint density at radius 3 is 2.71 bits per heavy atom. The van der Waals surface area contributed by atoms with Crippen molar-refractivity contribution in [2.24, 2.45) is 7.05 Å². The van der Waals surface area contributed by atoms with E-state index >= 15 is 0 Å². The molecule has 0 bridgehead atoms. The van der Waals surface area contributed by atoms with Crippen molar-refractivity contribution in [1.82, 2.24) is 25.1 Å². The van der Waals surface area contributed by atoms with Gasteiger partial charge in [0.15, 0.2) is 0 Å². The number of aryl methyl sites for hydroxylation is 1. The van der Waals surface area contributed by atoms with Crippen LogP contribution in [0.1, 0.15) is 36.2 Å². The molecule has 1 aliphatic rings. The number of amides is 1. The van der Waals surface area contributed by atoms with Crippen LogP contribution in [0.2, 0.25) is 0 Å². The summed E-state index contributed by atoms with van der Waals surface area (Å²) in [4.78, 5) is 22.8. The lowest BCUT2D eigenvalue weighted by Crippen LogP contribution is -2.39. The summed E-state index contributed by atoms with van der Waals surface area (Å²) >= 11 is 1.50. The zero-order valence-corrected chi connectivity index (χ0v) is 18.6. The van der Waals surface area contributed by atoms with E-state index in [1.165, 1.54) is 11.3 Å². The van der Waals surface area contributed by atoms with E-state index in [1.807, 2.05) is 25.4 Å². The molecule has 3 aromatic heterocycles. The summed E-state index contributed by atoms with van der Waals surface area (Å²) in [5.74, 6) is -0.153. The second kappa shape index (κ2) is 10.1. The highest BCUT2D eigenvalue weighted by Gasteiger charge is 2.24. The van der Waals surface area contributed by atoms with Crippen LogP contribution in [-0.4, -0.2) is 58.1 Å². The molecule has 0 spiro atoms. The third kappa shape index (κ3) is 5.55. The van der Waals surface area contributed by atoms with Crippen LogP contribution < -0.4 is 5.32 Å². The third-order valence-corrected chi connectivity index (χ3v) is 6.23. The normalized spacial score (nSPS) is 18.8. The van der Waals surface area contributed by atoms with Gasteiger partial charge in [0.1, 0.15) is 5.69 Å². The van der Waals surface area contributed by atoms with E-state index in [2.05, 4.69) is 20.4 Å². The molecular weight excluding hydrogens is 414 g/mol. The number of hydrogen-bond donors (Lipinski definition) is 1. The smallest absolute Gasteiger partial charge is 0.270 e. The number of nitrogens with zero attached hydrogens (tertiary/aromatic N) is 4. The molecule has 4 rings (SSSR count). The van der Waals surface area contributed by atoms with Gasteiger partial charge in [0.2, 0.25) is 0 Å². The summed E-state index contributed by atoms with van der Waals surface area (Å²) in [5, 5.41) is 7.42. The van der Waals surface area contributed by atoms with Crippen LogP contribution in [0.5, 0.6) is 0 Å². The SMILES string of the molecule is COCCO[C@H]1CC[C@H](NC(=O)c2cc(-c3cnn(C)c3)cc(-c3cncs3)n2)CC1. The largest absolute Gasteiger partial charge is 0.382 e. The number of nitrogens with one attached hydrogen (secondary N) is 1. The van der Waals surface area contributed by atoms with Crippen LogP contribution >= 0.6 is 11.3 Å². The molecule has 8 nitrogen and oxygen atoms in total. The number of thiazole rings is 1. The summed E-state index contributed by atoms with van der Waals surface area (Å²) in [6, 6.07) is 3.94. The molecule has 1 N–H and O–H groups in total. The van der Waals surface area contributed by atoms with Crippen molar-refractivity contribution in [3.05, 3.63) is 41.9 Å². The van der Waals surface area contributed by atoms with Gasteiger partial charge >= 0.3 is 0 Å². The van der Waals surface area contributed by atoms with Crippen LogP contribution in [-0.2, 0) is 16.5 Å². The minimum Gasteiger partial charge on any atom is -0.382 e. The number of aromatic nitrogens is 4. The minimum absolute atomic E-state index is 0.130. The fourth-order valence-electron chi connectivity index (χ4n) is 3.78. The minimum atomic E-state index is -0.153. The maximum atomic E-state index is 13.1. The highest BCUT2D eigenvalue weighted by Crippen LogP contribution is 2.28. The maximum Gasteiger partial charge on any atom is 0.270 e. The molecule has 1 amide bonds. The number of hydrogen-bond acceptors (Lipinski definition) is 7. The van der Waals surface area contributed by atoms with Gasteiger partial charge in [-0.15, -0.1) is 11.3 Å². The highest BCUT2D eigenvalue weighted by atomic mass is 32.1. The highest BCUT2D eigenvalue weighted by molar-refractivity contribution is 7.13. The van der Waals surface area contributed by atoms with Gasteiger partial charge in [-0.25, -0.2) is 4.98 Å². The lowest BCUT2D eigenvalue weighted by atomic mass is 9.93. The quantitative estimate of drug-likeness (QED) is 0.539. The number of carbonyl (C=O) groups is 1. The van der Waals surface area contributed by atoms with Crippen molar-refractivity contribution >= 4 is 17.2 Å². The fraction of sp³-hybridized carbons (Fsp3) is 0.455. The van der Waals surface area contributed by atoms with Gasteiger partial charge in [0.25, 0.3) is 5.91 Å². The number of carbonyl (C=O) groups excluding carboxylic acids is 1. The summed E-state index contributed by atoms with van der Waals surface area (Å²) in [7, 11) is 3.55. The lowest BCUT2D eigenvalue weighted by molar-refractivity contribution is -0.00409. The zero-order valence-electron chi connectivity index (χ0n) is 17.8. The van der Waals surface area contributed by atoms with Crippen molar-refractivity contribution in [2.75, 3.05) is 20.3 Å². The van der Waals surface area contributed by atoms with Gasteiger partial charge < -0.3 is 14.8 Å². The Morgan fingerprint density at radius 1 is 1.19 bits per heavy atom. The maximum absolute atomic E-state index is 13.1. The monoisotopic (exact) mass is 441 g/mol. The molecule has 31 heavy (non-hydrogen) atoms. The molecule has 164 valence electrons.